The van der Waals surface area contributed by atoms with Crippen LogP contribution in [0, 0.1) is 23.0 Å². The lowest BCUT2D eigenvalue weighted by Crippen LogP contribution is -2.44. The minimum atomic E-state index is 0.0118. The van der Waals surface area contributed by atoms with E-state index < -0.39 is 0 Å². The first-order valence-electron chi connectivity index (χ1n) is 9.06. The Hall–Kier alpha value is -1.95. The smallest absolute Gasteiger partial charge is 0.240 e. The van der Waals surface area contributed by atoms with Crippen LogP contribution in [0.25, 0.3) is 11.4 Å². The summed E-state index contributed by atoms with van der Waals surface area (Å²) in [5, 5.41) is 10.3. The molecule has 2 aliphatic rings. The molecule has 2 fully saturated rings. The van der Waals surface area contributed by atoms with Gasteiger partial charge in [0.15, 0.2) is 10.6 Å². The van der Waals surface area contributed by atoms with Crippen molar-refractivity contribution in [2.75, 3.05) is 6.54 Å². The first-order valence-corrected chi connectivity index (χ1v) is 9.47. The topological polar surface area (TPSA) is 62.7 Å². The first-order chi connectivity index (χ1) is 12.1. The lowest BCUT2D eigenvalue weighted by Gasteiger charge is -2.42. The zero-order valence-electron chi connectivity index (χ0n) is 14.5. The van der Waals surface area contributed by atoms with E-state index in [1.54, 1.807) is 4.57 Å². The van der Waals surface area contributed by atoms with Gasteiger partial charge in [-0.15, -0.1) is 0 Å². The van der Waals surface area contributed by atoms with Gasteiger partial charge in [-0.05, 0) is 56.2 Å². The third kappa shape index (κ3) is 3.27. The predicted octanol–water partition coefficient (Wildman–Crippen LogP) is 3.61. The number of hydrogen-bond acceptors (Lipinski definition) is 3. The highest BCUT2D eigenvalue weighted by atomic mass is 32.1. The Kier molecular flexibility index (Phi) is 4.23. The van der Waals surface area contributed by atoms with Crippen LogP contribution in [0.2, 0.25) is 0 Å². The molecule has 1 aromatic heterocycles. The van der Waals surface area contributed by atoms with Crippen LogP contribution < -0.4 is 5.32 Å². The van der Waals surface area contributed by atoms with Crippen molar-refractivity contribution in [3.8, 4) is 11.4 Å². The molecule has 2 aromatic rings. The summed E-state index contributed by atoms with van der Waals surface area (Å²) in [5.41, 5.74) is 2.53. The molecule has 5 nitrogen and oxygen atoms in total. The number of rotatable bonds is 6. The van der Waals surface area contributed by atoms with Gasteiger partial charge in [0, 0.05) is 12.1 Å². The summed E-state index contributed by atoms with van der Waals surface area (Å²) in [6, 6.07) is 8.08. The molecule has 25 heavy (non-hydrogen) atoms. The maximum absolute atomic E-state index is 12.5. The predicted molar refractivity (Wildman–Crippen MR) is 99.6 cm³/mol. The Morgan fingerprint density at radius 1 is 1.36 bits per heavy atom. The van der Waals surface area contributed by atoms with Crippen LogP contribution >= 0.6 is 12.2 Å². The first kappa shape index (κ1) is 16.5. The molecule has 1 amide bonds. The second-order valence-corrected chi connectivity index (χ2v) is 7.96. The fourth-order valence-corrected chi connectivity index (χ4v) is 4.11. The number of amides is 1. The molecule has 0 unspecified atom stereocenters. The largest absolute Gasteiger partial charge is 0.354 e. The number of benzene rings is 1. The molecule has 0 radical (unpaired) electrons. The van der Waals surface area contributed by atoms with Crippen molar-refractivity contribution < 1.29 is 4.79 Å². The molecule has 132 valence electrons. The monoisotopic (exact) mass is 356 g/mol. The molecule has 2 aliphatic carbocycles. The third-order valence-corrected chi connectivity index (χ3v) is 6.11. The van der Waals surface area contributed by atoms with E-state index in [0.29, 0.717) is 16.0 Å². The standard InChI is InChI=1S/C19H24N4OS/c1-13-3-5-14(6-4-13)17-21-22-18(25)23(17)11-16(24)20-12-19(9-2-10-19)15-7-8-15/h3-6,15H,2,7-12H2,1H3,(H,20,24)(H,22,25). The Morgan fingerprint density at radius 2 is 2.08 bits per heavy atom. The van der Waals surface area contributed by atoms with E-state index in [2.05, 4.69) is 15.5 Å². The molecule has 2 N–H and O–H groups in total. The van der Waals surface area contributed by atoms with Crippen molar-refractivity contribution in [1.29, 1.82) is 0 Å². The van der Waals surface area contributed by atoms with Gasteiger partial charge in [-0.1, -0.05) is 36.2 Å². The summed E-state index contributed by atoms with van der Waals surface area (Å²) in [7, 11) is 0. The highest BCUT2D eigenvalue weighted by molar-refractivity contribution is 7.71. The zero-order valence-corrected chi connectivity index (χ0v) is 15.4. The normalized spacial score (nSPS) is 18.6. The second kappa shape index (κ2) is 6.41. The number of aromatic nitrogens is 3. The Morgan fingerprint density at radius 3 is 2.68 bits per heavy atom. The summed E-state index contributed by atoms with van der Waals surface area (Å²) in [4.78, 5) is 12.5. The Balaban J connectivity index is 1.45. The van der Waals surface area contributed by atoms with E-state index in [4.69, 9.17) is 12.2 Å². The van der Waals surface area contributed by atoms with Gasteiger partial charge in [0.1, 0.15) is 6.54 Å². The van der Waals surface area contributed by atoms with Crippen molar-refractivity contribution in [2.24, 2.45) is 11.3 Å². The second-order valence-electron chi connectivity index (χ2n) is 7.57. The average molecular weight is 356 g/mol. The summed E-state index contributed by atoms with van der Waals surface area (Å²) < 4.78 is 2.26. The van der Waals surface area contributed by atoms with Crippen LogP contribution in [0.15, 0.2) is 24.3 Å². The van der Waals surface area contributed by atoms with Gasteiger partial charge in [-0.25, -0.2) is 0 Å². The van der Waals surface area contributed by atoms with E-state index >= 15 is 0 Å². The van der Waals surface area contributed by atoms with E-state index in [9.17, 15) is 4.79 Å². The number of carbonyl (C=O) groups is 1. The number of hydrogen-bond donors (Lipinski definition) is 2. The molecule has 6 heteroatoms. The van der Waals surface area contributed by atoms with E-state index in [1.807, 2.05) is 31.2 Å². The molecule has 0 saturated heterocycles. The third-order valence-electron chi connectivity index (χ3n) is 5.80. The molecule has 2 saturated carbocycles. The molecule has 4 rings (SSSR count). The molecule has 0 spiro atoms. The lowest BCUT2D eigenvalue weighted by molar-refractivity contribution is -0.122. The minimum Gasteiger partial charge on any atom is -0.354 e. The maximum Gasteiger partial charge on any atom is 0.240 e. The number of carbonyl (C=O) groups excluding carboxylic acids is 1. The van der Waals surface area contributed by atoms with Gasteiger partial charge in [-0.2, -0.15) is 5.10 Å². The van der Waals surface area contributed by atoms with E-state index in [1.165, 1.54) is 37.7 Å². The van der Waals surface area contributed by atoms with Crippen LogP contribution in [-0.2, 0) is 11.3 Å². The molecule has 0 bridgehead atoms. The molecule has 0 aliphatic heterocycles. The van der Waals surface area contributed by atoms with Gasteiger partial charge in [-0.3, -0.25) is 14.5 Å². The number of aromatic amines is 1. The van der Waals surface area contributed by atoms with Gasteiger partial charge >= 0.3 is 0 Å². The van der Waals surface area contributed by atoms with Gasteiger partial charge < -0.3 is 5.32 Å². The molecule has 1 aromatic carbocycles. The van der Waals surface area contributed by atoms with Crippen molar-refractivity contribution in [3.63, 3.8) is 0 Å². The van der Waals surface area contributed by atoms with Gasteiger partial charge in [0.05, 0.1) is 0 Å². The van der Waals surface area contributed by atoms with Crippen molar-refractivity contribution >= 4 is 18.1 Å². The van der Waals surface area contributed by atoms with Crippen LogP contribution in [0.5, 0.6) is 0 Å². The fraction of sp³-hybridized carbons (Fsp3) is 0.526. The van der Waals surface area contributed by atoms with Gasteiger partial charge in [0.25, 0.3) is 0 Å². The van der Waals surface area contributed by atoms with E-state index in [-0.39, 0.29) is 12.5 Å². The average Bonchev–Trinajstić information content (AvgIpc) is 3.34. The van der Waals surface area contributed by atoms with Crippen molar-refractivity contribution in [2.45, 2.75) is 45.6 Å². The number of aryl methyl sites for hydroxylation is 1. The van der Waals surface area contributed by atoms with Crippen molar-refractivity contribution in [3.05, 3.63) is 34.6 Å². The molecule has 1 heterocycles. The van der Waals surface area contributed by atoms with Crippen LogP contribution in [0.3, 0.4) is 0 Å². The SMILES string of the molecule is Cc1ccc(-c2n[nH]c(=S)n2CC(=O)NCC2(C3CC3)CCC2)cc1. The highest BCUT2D eigenvalue weighted by Crippen LogP contribution is 2.56. The van der Waals surface area contributed by atoms with Crippen LogP contribution in [0.4, 0.5) is 0 Å². The quantitative estimate of drug-likeness (QED) is 0.777. The number of nitrogens with one attached hydrogen (secondary N) is 2. The summed E-state index contributed by atoms with van der Waals surface area (Å²) in [6.07, 6.45) is 6.49. The molecular formula is C19H24N4OS. The summed E-state index contributed by atoms with van der Waals surface area (Å²) in [6.45, 7) is 3.06. The molecule has 0 atom stereocenters. The molecular weight excluding hydrogens is 332 g/mol. The Labute approximate surface area is 152 Å². The maximum atomic E-state index is 12.5. The lowest BCUT2D eigenvalue weighted by atomic mass is 9.65. The van der Waals surface area contributed by atoms with Crippen LogP contribution in [-0.4, -0.2) is 27.2 Å². The van der Waals surface area contributed by atoms with Crippen molar-refractivity contribution in [1.82, 2.24) is 20.1 Å². The Bertz CT molecular complexity index is 828. The zero-order chi connectivity index (χ0) is 17.4. The summed E-state index contributed by atoms with van der Waals surface area (Å²) >= 11 is 5.33. The van der Waals surface area contributed by atoms with E-state index in [0.717, 1.165) is 18.0 Å². The number of nitrogens with zero attached hydrogens (tertiary/aromatic N) is 2. The van der Waals surface area contributed by atoms with Crippen LogP contribution in [0.1, 0.15) is 37.7 Å². The highest BCUT2D eigenvalue weighted by Gasteiger charge is 2.48. The number of H-pyrrole nitrogens is 1. The fourth-order valence-electron chi connectivity index (χ4n) is 3.92. The minimum absolute atomic E-state index is 0.0118. The van der Waals surface area contributed by atoms with Gasteiger partial charge in [0.2, 0.25) is 5.91 Å². The summed E-state index contributed by atoms with van der Waals surface area (Å²) in [5.74, 6) is 1.55.